The van der Waals surface area contributed by atoms with Gasteiger partial charge in [0.15, 0.2) is 0 Å². The standard InChI is InChI=1S/C12H14N2/c1-9-5-4-6-10-12(9)13-11-7-2-3-8-14(10)11/h2-3,7-9H,4-6H2,1H3. The fraction of sp³-hybridized carbons (Fsp3) is 0.417. The first kappa shape index (κ1) is 8.04. The van der Waals surface area contributed by atoms with Crippen molar-refractivity contribution in [2.75, 3.05) is 0 Å². The molecule has 1 aliphatic rings. The molecule has 72 valence electrons. The molecule has 0 aliphatic heterocycles. The van der Waals surface area contributed by atoms with Crippen molar-refractivity contribution in [2.45, 2.75) is 32.1 Å². The summed E-state index contributed by atoms with van der Waals surface area (Å²) < 4.78 is 2.24. The Labute approximate surface area is 83.6 Å². The van der Waals surface area contributed by atoms with Crippen molar-refractivity contribution in [3.05, 3.63) is 35.8 Å². The van der Waals surface area contributed by atoms with E-state index in [0.29, 0.717) is 5.92 Å². The molecule has 14 heavy (non-hydrogen) atoms. The number of rotatable bonds is 0. The second kappa shape index (κ2) is 2.84. The van der Waals surface area contributed by atoms with Crippen molar-refractivity contribution in [2.24, 2.45) is 0 Å². The zero-order valence-corrected chi connectivity index (χ0v) is 8.40. The van der Waals surface area contributed by atoms with Gasteiger partial charge in [0.1, 0.15) is 5.65 Å². The van der Waals surface area contributed by atoms with Gasteiger partial charge in [-0.1, -0.05) is 13.0 Å². The van der Waals surface area contributed by atoms with Gasteiger partial charge in [0.2, 0.25) is 0 Å². The predicted octanol–water partition coefficient (Wildman–Crippen LogP) is 2.77. The molecule has 1 aliphatic carbocycles. The second-order valence-corrected chi connectivity index (χ2v) is 4.17. The molecule has 1 unspecified atom stereocenters. The van der Waals surface area contributed by atoms with Crippen LogP contribution in [0.4, 0.5) is 0 Å². The zero-order valence-electron chi connectivity index (χ0n) is 8.40. The minimum absolute atomic E-state index is 0.638. The summed E-state index contributed by atoms with van der Waals surface area (Å²) in [4.78, 5) is 4.70. The molecule has 0 N–H and O–H groups in total. The largest absolute Gasteiger partial charge is 0.304 e. The Hall–Kier alpha value is -1.31. The summed E-state index contributed by atoms with van der Waals surface area (Å²) in [5.74, 6) is 0.638. The van der Waals surface area contributed by atoms with Gasteiger partial charge in [-0.3, -0.25) is 0 Å². The van der Waals surface area contributed by atoms with E-state index >= 15 is 0 Å². The maximum atomic E-state index is 4.70. The van der Waals surface area contributed by atoms with Gasteiger partial charge in [0, 0.05) is 17.8 Å². The van der Waals surface area contributed by atoms with E-state index in [1.54, 1.807) is 0 Å². The van der Waals surface area contributed by atoms with Crippen molar-refractivity contribution >= 4 is 5.65 Å². The first-order valence-electron chi connectivity index (χ1n) is 5.32. The van der Waals surface area contributed by atoms with Crippen LogP contribution in [-0.2, 0) is 6.42 Å². The highest BCUT2D eigenvalue weighted by molar-refractivity contribution is 5.44. The predicted molar refractivity (Wildman–Crippen MR) is 56.5 cm³/mol. The average molecular weight is 186 g/mol. The van der Waals surface area contributed by atoms with Crippen LogP contribution in [0.3, 0.4) is 0 Å². The van der Waals surface area contributed by atoms with Crippen molar-refractivity contribution < 1.29 is 0 Å². The van der Waals surface area contributed by atoms with Gasteiger partial charge in [-0.15, -0.1) is 0 Å². The van der Waals surface area contributed by atoms with Gasteiger partial charge >= 0.3 is 0 Å². The van der Waals surface area contributed by atoms with Crippen LogP contribution in [-0.4, -0.2) is 9.38 Å². The van der Waals surface area contributed by atoms with Crippen LogP contribution in [0.5, 0.6) is 0 Å². The van der Waals surface area contributed by atoms with E-state index in [-0.39, 0.29) is 0 Å². The van der Waals surface area contributed by atoms with E-state index in [4.69, 9.17) is 4.98 Å². The molecular formula is C12H14N2. The number of imidazole rings is 1. The normalized spacial score (nSPS) is 21.1. The topological polar surface area (TPSA) is 17.3 Å². The molecule has 2 aromatic heterocycles. The first-order valence-corrected chi connectivity index (χ1v) is 5.32. The highest BCUT2D eigenvalue weighted by Gasteiger charge is 2.21. The van der Waals surface area contributed by atoms with E-state index in [9.17, 15) is 0 Å². The minimum atomic E-state index is 0.638. The molecule has 0 amide bonds. The number of aryl methyl sites for hydroxylation is 1. The van der Waals surface area contributed by atoms with E-state index in [1.165, 1.54) is 30.7 Å². The Balaban J connectivity index is 2.32. The van der Waals surface area contributed by atoms with Crippen LogP contribution in [0, 0.1) is 0 Å². The van der Waals surface area contributed by atoms with Crippen LogP contribution >= 0.6 is 0 Å². The van der Waals surface area contributed by atoms with E-state index in [1.807, 2.05) is 0 Å². The molecule has 1 atom stereocenters. The summed E-state index contributed by atoms with van der Waals surface area (Å²) in [6, 6.07) is 6.22. The lowest BCUT2D eigenvalue weighted by atomic mass is 9.91. The third kappa shape index (κ3) is 0.999. The molecule has 0 radical (unpaired) electrons. The molecule has 0 aromatic carbocycles. The summed E-state index contributed by atoms with van der Waals surface area (Å²) in [6.45, 7) is 2.28. The van der Waals surface area contributed by atoms with Crippen LogP contribution in [0.25, 0.3) is 5.65 Å². The SMILES string of the molecule is CC1CCCc2c1nc1ccccn21. The van der Waals surface area contributed by atoms with E-state index < -0.39 is 0 Å². The zero-order chi connectivity index (χ0) is 9.54. The summed E-state index contributed by atoms with van der Waals surface area (Å²) in [7, 11) is 0. The molecule has 3 rings (SSSR count). The number of hydrogen-bond donors (Lipinski definition) is 0. The smallest absolute Gasteiger partial charge is 0.137 e. The average Bonchev–Trinajstić information content (AvgIpc) is 2.59. The van der Waals surface area contributed by atoms with E-state index in [2.05, 4.69) is 35.7 Å². The summed E-state index contributed by atoms with van der Waals surface area (Å²) in [5.41, 5.74) is 3.85. The fourth-order valence-corrected chi connectivity index (χ4v) is 2.42. The van der Waals surface area contributed by atoms with Crippen molar-refractivity contribution in [1.29, 1.82) is 0 Å². The lowest BCUT2D eigenvalue weighted by Gasteiger charge is -2.16. The number of pyridine rings is 1. The molecule has 0 fully saturated rings. The third-order valence-corrected chi connectivity index (χ3v) is 3.18. The van der Waals surface area contributed by atoms with Gasteiger partial charge in [-0.2, -0.15) is 0 Å². The van der Waals surface area contributed by atoms with E-state index in [0.717, 1.165) is 5.65 Å². The Morgan fingerprint density at radius 2 is 2.36 bits per heavy atom. The maximum absolute atomic E-state index is 4.70. The highest BCUT2D eigenvalue weighted by atomic mass is 15.0. The molecule has 2 heterocycles. The molecular weight excluding hydrogens is 172 g/mol. The quantitative estimate of drug-likeness (QED) is 0.618. The second-order valence-electron chi connectivity index (χ2n) is 4.17. The van der Waals surface area contributed by atoms with Crippen LogP contribution in [0.2, 0.25) is 0 Å². The third-order valence-electron chi connectivity index (χ3n) is 3.18. The molecule has 2 heteroatoms. The first-order chi connectivity index (χ1) is 6.86. The Bertz CT molecular complexity index is 470. The number of nitrogens with zero attached hydrogens (tertiary/aromatic N) is 2. The molecule has 2 nitrogen and oxygen atoms in total. The molecule has 0 bridgehead atoms. The van der Waals surface area contributed by atoms with Crippen LogP contribution in [0.15, 0.2) is 24.4 Å². The molecule has 0 spiro atoms. The van der Waals surface area contributed by atoms with Crippen LogP contribution in [0.1, 0.15) is 37.1 Å². The molecule has 2 aromatic rings. The Kier molecular flexibility index (Phi) is 1.63. The molecule has 0 saturated carbocycles. The number of fused-ring (bicyclic) bond motifs is 3. The number of hydrogen-bond acceptors (Lipinski definition) is 1. The number of aromatic nitrogens is 2. The van der Waals surface area contributed by atoms with Gasteiger partial charge in [-0.25, -0.2) is 4.98 Å². The lowest BCUT2D eigenvalue weighted by molar-refractivity contribution is 0.570. The Morgan fingerprint density at radius 3 is 3.29 bits per heavy atom. The van der Waals surface area contributed by atoms with Crippen molar-refractivity contribution in [3.8, 4) is 0 Å². The van der Waals surface area contributed by atoms with Crippen molar-refractivity contribution in [1.82, 2.24) is 9.38 Å². The van der Waals surface area contributed by atoms with Crippen LogP contribution < -0.4 is 0 Å². The lowest BCUT2D eigenvalue weighted by Crippen LogP contribution is -2.07. The van der Waals surface area contributed by atoms with Crippen molar-refractivity contribution in [3.63, 3.8) is 0 Å². The minimum Gasteiger partial charge on any atom is -0.304 e. The summed E-state index contributed by atoms with van der Waals surface area (Å²) in [6.07, 6.45) is 5.90. The van der Waals surface area contributed by atoms with Gasteiger partial charge in [-0.05, 0) is 31.4 Å². The Morgan fingerprint density at radius 1 is 1.43 bits per heavy atom. The molecule has 0 saturated heterocycles. The fourth-order valence-electron chi connectivity index (χ4n) is 2.42. The monoisotopic (exact) mass is 186 g/mol. The summed E-state index contributed by atoms with van der Waals surface area (Å²) in [5, 5.41) is 0. The summed E-state index contributed by atoms with van der Waals surface area (Å²) >= 11 is 0. The van der Waals surface area contributed by atoms with Gasteiger partial charge in [0.25, 0.3) is 0 Å². The van der Waals surface area contributed by atoms with Gasteiger partial charge in [0.05, 0.1) is 5.69 Å². The maximum Gasteiger partial charge on any atom is 0.137 e. The highest BCUT2D eigenvalue weighted by Crippen LogP contribution is 2.30. The van der Waals surface area contributed by atoms with Gasteiger partial charge < -0.3 is 4.40 Å².